The topological polar surface area (TPSA) is 54.5 Å². The molecule has 2 aromatic carbocycles. The summed E-state index contributed by atoms with van der Waals surface area (Å²) >= 11 is 1.51. The number of sulfonamides is 1. The van der Waals surface area contributed by atoms with E-state index in [2.05, 4.69) is 0 Å². The van der Waals surface area contributed by atoms with Gasteiger partial charge in [0.2, 0.25) is 10.0 Å². The van der Waals surface area contributed by atoms with Gasteiger partial charge in [-0.1, -0.05) is 30.0 Å². The van der Waals surface area contributed by atoms with E-state index in [9.17, 15) is 13.2 Å². The first-order valence-corrected chi connectivity index (χ1v) is 9.01. The van der Waals surface area contributed by atoms with E-state index in [-0.39, 0.29) is 10.7 Å². The lowest BCUT2D eigenvalue weighted by atomic mass is 10.0. The Morgan fingerprint density at radius 3 is 2.50 bits per heavy atom. The summed E-state index contributed by atoms with van der Waals surface area (Å²) in [7, 11) is -0.582. The molecule has 0 saturated heterocycles. The zero-order valence-electron chi connectivity index (χ0n) is 12.2. The number of fused-ring (bicyclic) bond motifs is 2. The molecule has 0 N–H and O–H groups in total. The van der Waals surface area contributed by atoms with Gasteiger partial charge in [0.1, 0.15) is 0 Å². The molecule has 0 unspecified atom stereocenters. The molecule has 1 aliphatic rings. The van der Waals surface area contributed by atoms with Crippen molar-refractivity contribution in [1.82, 2.24) is 4.31 Å². The van der Waals surface area contributed by atoms with E-state index in [1.807, 2.05) is 24.3 Å². The number of nitrogens with zero attached hydrogens (tertiary/aromatic N) is 1. The van der Waals surface area contributed by atoms with Crippen LogP contribution in [0, 0.1) is 0 Å². The van der Waals surface area contributed by atoms with Crippen LogP contribution in [0.15, 0.2) is 57.2 Å². The summed E-state index contributed by atoms with van der Waals surface area (Å²) in [5, 5.41) is 0. The van der Waals surface area contributed by atoms with Crippen molar-refractivity contribution in [1.29, 1.82) is 0 Å². The second-order valence-corrected chi connectivity index (χ2v) is 8.49. The fourth-order valence-electron chi connectivity index (χ4n) is 2.32. The summed E-state index contributed by atoms with van der Waals surface area (Å²) in [5.41, 5.74) is 1.45. The van der Waals surface area contributed by atoms with Crippen LogP contribution in [0.2, 0.25) is 0 Å². The average Bonchev–Trinajstić information content (AvgIpc) is 2.62. The fourth-order valence-corrected chi connectivity index (χ4v) is 4.33. The molecule has 0 saturated carbocycles. The second kappa shape index (κ2) is 5.53. The number of ketones is 1. The van der Waals surface area contributed by atoms with E-state index in [4.69, 9.17) is 0 Å². The van der Waals surface area contributed by atoms with E-state index in [0.29, 0.717) is 12.0 Å². The first-order chi connectivity index (χ1) is 10.4. The maximum atomic E-state index is 12.5. The molecule has 0 aliphatic carbocycles. The predicted octanol–water partition coefficient (Wildman–Crippen LogP) is 2.83. The van der Waals surface area contributed by atoms with Gasteiger partial charge in [0.25, 0.3) is 0 Å². The fraction of sp³-hybridized carbons (Fsp3) is 0.188. The molecule has 6 heteroatoms. The average molecular weight is 333 g/mol. The molecule has 0 aromatic heterocycles. The minimum Gasteiger partial charge on any atom is -0.294 e. The first-order valence-electron chi connectivity index (χ1n) is 6.75. The van der Waals surface area contributed by atoms with Gasteiger partial charge in [-0.25, -0.2) is 12.7 Å². The maximum absolute atomic E-state index is 12.5. The van der Waals surface area contributed by atoms with E-state index < -0.39 is 10.0 Å². The summed E-state index contributed by atoms with van der Waals surface area (Å²) in [6.07, 6.45) is 0.293. The molecular formula is C16H15NO3S2. The third kappa shape index (κ3) is 2.58. The van der Waals surface area contributed by atoms with E-state index in [1.165, 1.54) is 31.9 Å². The summed E-state index contributed by atoms with van der Waals surface area (Å²) < 4.78 is 25.6. The highest BCUT2D eigenvalue weighted by Gasteiger charge is 2.24. The van der Waals surface area contributed by atoms with Crippen molar-refractivity contribution in [2.75, 3.05) is 14.1 Å². The van der Waals surface area contributed by atoms with Gasteiger partial charge in [-0.05, 0) is 29.8 Å². The molecule has 1 heterocycles. The SMILES string of the molecule is CN(C)S(=O)(=O)c1ccc2c(c1)C(=O)Cc1ccccc1S2. The Kier molecular flexibility index (Phi) is 3.84. The summed E-state index contributed by atoms with van der Waals surface area (Å²) in [4.78, 5) is 14.5. The number of hydrogen-bond acceptors (Lipinski definition) is 4. The molecule has 0 amide bonds. The number of benzene rings is 2. The van der Waals surface area contributed by atoms with Crippen LogP contribution in [0.25, 0.3) is 0 Å². The number of Topliss-reactive ketones (excluding diaryl/α,β-unsaturated/α-hetero) is 1. The highest BCUT2D eigenvalue weighted by molar-refractivity contribution is 7.99. The Hall–Kier alpha value is -1.63. The number of hydrogen-bond donors (Lipinski definition) is 0. The van der Waals surface area contributed by atoms with Crippen LogP contribution >= 0.6 is 11.8 Å². The van der Waals surface area contributed by atoms with Gasteiger partial charge in [0.05, 0.1) is 4.90 Å². The number of carbonyl (C=O) groups excluding carboxylic acids is 1. The van der Waals surface area contributed by atoms with Crippen molar-refractivity contribution in [3.05, 3.63) is 53.6 Å². The van der Waals surface area contributed by atoms with Crippen LogP contribution in [-0.4, -0.2) is 32.6 Å². The monoisotopic (exact) mass is 333 g/mol. The molecule has 1 aliphatic heterocycles. The largest absolute Gasteiger partial charge is 0.294 e. The van der Waals surface area contributed by atoms with Crippen molar-refractivity contribution in [3.63, 3.8) is 0 Å². The minimum absolute atomic E-state index is 0.0525. The molecule has 0 radical (unpaired) electrons. The molecular weight excluding hydrogens is 318 g/mol. The van der Waals surface area contributed by atoms with Crippen LogP contribution in [-0.2, 0) is 16.4 Å². The molecule has 22 heavy (non-hydrogen) atoms. The van der Waals surface area contributed by atoms with Crippen LogP contribution < -0.4 is 0 Å². The standard InChI is InChI=1S/C16H15NO3S2/c1-17(2)22(19,20)12-7-8-16-13(10-12)14(18)9-11-5-3-4-6-15(11)21-16/h3-8,10H,9H2,1-2H3. The molecule has 0 atom stereocenters. The lowest BCUT2D eigenvalue weighted by Gasteiger charge is -2.13. The van der Waals surface area contributed by atoms with E-state index in [1.54, 1.807) is 12.1 Å². The van der Waals surface area contributed by atoms with Gasteiger partial charge >= 0.3 is 0 Å². The lowest BCUT2D eigenvalue weighted by molar-refractivity contribution is 0.0990. The molecule has 4 nitrogen and oxygen atoms in total. The molecule has 0 spiro atoms. The van der Waals surface area contributed by atoms with Crippen LogP contribution in [0.3, 0.4) is 0 Å². The summed E-state index contributed by atoms with van der Waals surface area (Å²) in [5.74, 6) is -0.0525. The van der Waals surface area contributed by atoms with Crippen LogP contribution in [0.1, 0.15) is 15.9 Å². The Morgan fingerprint density at radius 1 is 1.05 bits per heavy atom. The molecule has 3 rings (SSSR count). The Bertz CT molecular complexity index is 857. The van der Waals surface area contributed by atoms with Gasteiger partial charge in [0, 0.05) is 35.9 Å². The normalized spacial score (nSPS) is 14.4. The van der Waals surface area contributed by atoms with Gasteiger partial charge < -0.3 is 0 Å². The Labute approximate surface area is 134 Å². The van der Waals surface area contributed by atoms with Gasteiger partial charge in [0.15, 0.2) is 5.78 Å². The van der Waals surface area contributed by atoms with E-state index >= 15 is 0 Å². The van der Waals surface area contributed by atoms with Gasteiger partial charge in [-0.3, -0.25) is 4.79 Å². The van der Waals surface area contributed by atoms with Gasteiger partial charge in [-0.2, -0.15) is 0 Å². The minimum atomic E-state index is -3.54. The Morgan fingerprint density at radius 2 is 1.77 bits per heavy atom. The summed E-state index contributed by atoms with van der Waals surface area (Å²) in [6.45, 7) is 0. The molecule has 114 valence electrons. The third-order valence-corrected chi connectivity index (χ3v) is 6.58. The third-order valence-electron chi connectivity index (χ3n) is 3.57. The van der Waals surface area contributed by atoms with E-state index in [0.717, 1.165) is 19.7 Å². The molecule has 0 fully saturated rings. The molecule has 2 aromatic rings. The smallest absolute Gasteiger partial charge is 0.242 e. The van der Waals surface area contributed by atoms with Crippen molar-refractivity contribution in [3.8, 4) is 0 Å². The Balaban J connectivity index is 2.12. The zero-order chi connectivity index (χ0) is 15.9. The van der Waals surface area contributed by atoms with Crippen molar-refractivity contribution >= 4 is 27.6 Å². The van der Waals surface area contributed by atoms with Crippen LogP contribution in [0.5, 0.6) is 0 Å². The maximum Gasteiger partial charge on any atom is 0.242 e. The van der Waals surface area contributed by atoms with Crippen molar-refractivity contribution < 1.29 is 13.2 Å². The first kappa shape index (κ1) is 15.3. The van der Waals surface area contributed by atoms with Crippen LogP contribution in [0.4, 0.5) is 0 Å². The zero-order valence-corrected chi connectivity index (χ0v) is 13.9. The quantitative estimate of drug-likeness (QED) is 0.848. The molecule has 0 bridgehead atoms. The van der Waals surface area contributed by atoms with Crippen molar-refractivity contribution in [2.45, 2.75) is 21.1 Å². The van der Waals surface area contributed by atoms with Crippen molar-refractivity contribution in [2.24, 2.45) is 0 Å². The number of rotatable bonds is 2. The lowest BCUT2D eigenvalue weighted by Crippen LogP contribution is -2.22. The highest BCUT2D eigenvalue weighted by Crippen LogP contribution is 2.37. The number of carbonyl (C=O) groups is 1. The summed E-state index contributed by atoms with van der Waals surface area (Å²) in [6, 6.07) is 12.5. The second-order valence-electron chi connectivity index (χ2n) is 5.26. The highest BCUT2D eigenvalue weighted by atomic mass is 32.2. The van der Waals surface area contributed by atoms with Gasteiger partial charge in [-0.15, -0.1) is 0 Å². The predicted molar refractivity (Wildman–Crippen MR) is 85.9 cm³/mol.